The van der Waals surface area contributed by atoms with Crippen LogP contribution in [0.2, 0.25) is 0 Å². The molecule has 152 valence electrons. The van der Waals surface area contributed by atoms with Crippen LogP contribution in [-0.2, 0) is 9.53 Å². The molecular formula is C24H26BrNO3. The molecule has 0 fully saturated rings. The largest absolute Gasteiger partial charge is 0.494 e. The third-order valence-corrected chi connectivity index (χ3v) is 5.37. The maximum absolute atomic E-state index is 12.2. The van der Waals surface area contributed by atoms with Crippen LogP contribution in [0.4, 0.5) is 0 Å². The first-order valence-electron chi connectivity index (χ1n) is 10.2. The van der Waals surface area contributed by atoms with E-state index in [0.717, 1.165) is 34.4 Å². The molecule has 0 unspecified atom stereocenters. The van der Waals surface area contributed by atoms with E-state index in [2.05, 4.69) is 27.8 Å². The number of cyclic esters (lactones) is 1. The number of ether oxygens (including phenoxy) is 2. The number of carbonyl (C=O) groups is 1. The van der Waals surface area contributed by atoms with Gasteiger partial charge in [-0.05, 0) is 58.3 Å². The quantitative estimate of drug-likeness (QED) is 0.232. The minimum atomic E-state index is -0.445. The summed E-state index contributed by atoms with van der Waals surface area (Å²) in [5, 5.41) is 0. The number of carbonyl (C=O) groups excluding carboxylic acids is 1. The summed E-state index contributed by atoms with van der Waals surface area (Å²) >= 11 is 3.46. The fraction of sp³-hybridized carbons (Fsp3) is 0.333. The molecule has 0 aliphatic carbocycles. The van der Waals surface area contributed by atoms with E-state index in [1.54, 1.807) is 6.08 Å². The summed E-state index contributed by atoms with van der Waals surface area (Å²) in [6, 6.07) is 15.2. The first-order chi connectivity index (χ1) is 14.2. The predicted molar refractivity (Wildman–Crippen MR) is 120 cm³/mol. The van der Waals surface area contributed by atoms with Crippen LogP contribution in [0, 0.1) is 0 Å². The van der Waals surface area contributed by atoms with Crippen molar-refractivity contribution in [1.82, 2.24) is 0 Å². The monoisotopic (exact) mass is 455 g/mol. The molecule has 0 N–H and O–H groups in total. The van der Waals surface area contributed by atoms with E-state index in [4.69, 9.17) is 9.47 Å². The second kappa shape index (κ2) is 11.0. The van der Waals surface area contributed by atoms with Crippen molar-refractivity contribution in [1.29, 1.82) is 0 Å². The van der Waals surface area contributed by atoms with E-state index in [1.807, 2.05) is 48.5 Å². The molecular weight excluding hydrogens is 430 g/mol. The lowest BCUT2D eigenvalue weighted by Gasteiger charge is -2.06. The summed E-state index contributed by atoms with van der Waals surface area (Å²) in [5.41, 5.74) is 1.92. The number of hydrogen-bond donors (Lipinski definition) is 0. The van der Waals surface area contributed by atoms with Crippen molar-refractivity contribution in [3.05, 3.63) is 69.8 Å². The Labute approximate surface area is 180 Å². The number of aliphatic imine (C=N–C) groups is 1. The first kappa shape index (κ1) is 21.3. The van der Waals surface area contributed by atoms with Gasteiger partial charge in [-0.3, -0.25) is 0 Å². The fourth-order valence-electron chi connectivity index (χ4n) is 3.05. The van der Waals surface area contributed by atoms with Crippen molar-refractivity contribution >= 4 is 33.9 Å². The zero-order valence-corrected chi connectivity index (χ0v) is 18.3. The van der Waals surface area contributed by atoms with Gasteiger partial charge in [-0.1, -0.05) is 63.3 Å². The Morgan fingerprint density at radius 2 is 1.72 bits per heavy atom. The van der Waals surface area contributed by atoms with E-state index in [9.17, 15) is 4.79 Å². The molecule has 0 aromatic heterocycles. The average Bonchev–Trinajstić information content (AvgIpc) is 3.09. The van der Waals surface area contributed by atoms with Gasteiger partial charge in [-0.15, -0.1) is 0 Å². The number of rotatable bonds is 10. The zero-order chi connectivity index (χ0) is 20.5. The van der Waals surface area contributed by atoms with Crippen molar-refractivity contribution < 1.29 is 14.3 Å². The first-order valence-corrected chi connectivity index (χ1v) is 11.0. The van der Waals surface area contributed by atoms with E-state index in [0.29, 0.717) is 5.90 Å². The van der Waals surface area contributed by atoms with Crippen LogP contribution in [-0.4, -0.2) is 18.5 Å². The number of nitrogens with zero attached hydrogens (tertiary/aromatic N) is 1. The van der Waals surface area contributed by atoms with Crippen molar-refractivity contribution in [2.75, 3.05) is 6.61 Å². The van der Waals surface area contributed by atoms with E-state index < -0.39 is 5.97 Å². The van der Waals surface area contributed by atoms with Crippen molar-refractivity contribution in [2.24, 2.45) is 4.99 Å². The second-order valence-corrected chi connectivity index (χ2v) is 7.86. The van der Waals surface area contributed by atoms with Gasteiger partial charge in [0, 0.05) is 4.47 Å². The number of hydrogen-bond acceptors (Lipinski definition) is 4. The molecule has 0 spiro atoms. The van der Waals surface area contributed by atoms with Gasteiger partial charge in [0.1, 0.15) is 5.75 Å². The van der Waals surface area contributed by atoms with Gasteiger partial charge in [0.2, 0.25) is 5.90 Å². The summed E-state index contributed by atoms with van der Waals surface area (Å²) in [5.74, 6) is 0.707. The number of halogens is 1. The molecule has 1 heterocycles. The maximum Gasteiger partial charge on any atom is 0.363 e. The molecule has 0 saturated heterocycles. The molecule has 1 aliphatic heterocycles. The second-order valence-electron chi connectivity index (χ2n) is 7.00. The molecule has 5 heteroatoms. The Morgan fingerprint density at radius 3 is 2.48 bits per heavy atom. The van der Waals surface area contributed by atoms with Crippen LogP contribution in [0.25, 0.3) is 6.08 Å². The Morgan fingerprint density at radius 1 is 1.00 bits per heavy atom. The third kappa shape index (κ3) is 6.29. The molecule has 0 radical (unpaired) electrons. The minimum Gasteiger partial charge on any atom is -0.494 e. The van der Waals surface area contributed by atoms with E-state index in [1.165, 1.54) is 32.1 Å². The Bertz CT molecular complexity index is 887. The van der Waals surface area contributed by atoms with E-state index in [-0.39, 0.29) is 5.70 Å². The summed E-state index contributed by atoms with van der Waals surface area (Å²) in [7, 11) is 0. The number of esters is 1. The molecule has 2 aromatic carbocycles. The van der Waals surface area contributed by atoms with Crippen molar-refractivity contribution in [3.63, 3.8) is 0 Å². The van der Waals surface area contributed by atoms with Crippen molar-refractivity contribution in [2.45, 2.75) is 45.4 Å². The number of benzene rings is 2. The molecule has 0 atom stereocenters. The zero-order valence-electron chi connectivity index (χ0n) is 16.7. The lowest BCUT2D eigenvalue weighted by Crippen LogP contribution is -2.05. The van der Waals surface area contributed by atoms with Gasteiger partial charge in [-0.25, -0.2) is 9.79 Å². The SMILES string of the molecule is CCCCCCCCOc1ccc(/C=C2\N=C(c3ccccc3Br)OC2=O)cc1. The molecule has 2 aromatic rings. The summed E-state index contributed by atoms with van der Waals surface area (Å²) in [4.78, 5) is 16.5. The van der Waals surface area contributed by atoms with Gasteiger partial charge in [0.25, 0.3) is 0 Å². The van der Waals surface area contributed by atoms with Gasteiger partial charge in [0.05, 0.1) is 12.2 Å². The van der Waals surface area contributed by atoms with Gasteiger partial charge in [0.15, 0.2) is 5.70 Å². The molecule has 1 aliphatic rings. The smallest absolute Gasteiger partial charge is 0.363 e. The van der Waals surface area contributed by atoms with Crippen LogP contribution in [0.1, 0.15) is 56.6 Å². The van der Waals surface area contributed by atoms with Crippen LogP contribution in [0.15, 0.2) is 63.7 Å². The van der Waals surface area contributed by atoms with Gasteiger partial charge < -0.3 is 9.47 Å². The molecule has 3 rings (SSSR count). The van der Waals surface area contributed by atoms with Crippen LogP contribution < -0.4 is 4.74 Å². The highest BCUT2D eigenvalue weighted by Crippen LogP contribution is 2.24. The van der Waals surface area contributed by atoms with Gasteiger partial charge in [-0.2, -0.15) is 0 Å². The Kier molecular flexibility index (Phi) is 8.05. The van der Waals surface area contributed by atoms with Crippen LogP contribution in [0.5, 0.6) is 5.75 Å². The van der Waals surface area contributed by atoms with Gasteiger partial charge >= 0.3 is 5.97 Å². The molecule has 29 heavy (non-hydrogen) atoms. The fourth-order valence-corrected chi connectivity index (χ4v) is 3.50. The van der Waals surface area contributed by atoms with Crippen LogP contribution in [0.3, 0.4) is 0 Å². The van der Waals surface area contributed by atoms with Crippen LogP contribution >= 0.6 is 15.9 Å². The summed E-state index contributed by atoms with van der Waals surface area (Å²) < 4.78 is 12.0. The van der Waals surface area contributed by atoms with Crippen molar-refractivity contribution in [3.8, 4) is 5.75 Å². The minimum absolute atomic E-state index is 0.288. The normalized spacial score (nSPS) is 14.8. The lowest BCUT2D eigenvalue weighted by atomic mass is 10.1. The predicted octanol–water partition coefficient (Wildman–Crippen LogP) is 6.53. The Balaban J connectivity index is 1.55. The maximum atomic E-state index is 12.2. The third-order valence-electron chi connectivity index (χ3n) is 4.67. The highest BCUT2D eigenvalue weighted by Gasteiger charge is 2.25. The topological polar surface area (TPSA) is 47.9 Å². The highest BCUT2D eigenvalue weighted by molar-refractivity contribution is 9.10. The molecule has 0 saturated carbocycles. The lowest BCUT2D eigenvalue weighted by molar-refractivity contribution is -0.129. The summed E-state index contributed by atoms with van der Waals surface area (Å²) in [6.45, 7) is 2.96. The average molecular weight is 456 g/mol. The standard InChI is InChI=1S/C24H26BrNO3/c1-2-3-4-5-6-9-16-28-19-14-12-18(13-15-19)17-22-24(27)29-23(26-22)20-10-7-8-11-21(20)25/h7-8,10-15,17H,2-6,9,16H2,1H3/b22-17-. The van der Waals surface area contributed by atoms with E-state index >= 15 is 0 Å². The Hall–Kier alpha value is -2.40. The highest BCUT2D eigenvalue weighted by atomic mass is 79.9. The summed E-state index contributed by atoms with van der Waals surface area (Å²) in [6.07, 6.45) is 9.20. The molecule has 0 amide bonds. The number of unbranched alkanes of at least 4 members (excludes halogenated alkanes) is 5. The molecule has 0 bridgehead atoms. The molecule has 4 nitrogen and oxygen atoms in total.